The summed E-state index contributed by atoms with van der Waals surface area (Å²) in [5.74, 6) is -1.56. The maximum Gasteiger partial charge on any atom is 0.307 e. The molecular weight excluding hydrogens is 209 g/mol. The van der Waals surface area contributed by atoms with Gasteiger partial charge in [0.25, 0.3) is 0 Å². The highest BCUT2D eigenvalue weighted by Crippen LogP contribution is 2.13. The Hall–Kier alpha value is -1.42. The molecule has 0 saturated heterocycles. The molecule has 1 rings (SSSR count). The highest BCUT2D eigenvalue weighted by atomic mass is 19.1. The van der Waals surface area contributed by atoms with Gasteiger partial charge in [-0.15, -0.1) is 0 Å². The summed E-state index contributed by atoms with van der Waals surface area (Å²) >= 11 is 0. The van der Waals surface area contributed by atoms with Crippen LogP contribution < -0.4 is 5.32 Å². The molecule has 0 fully saturated rings. The first-order chi connectivity index (χ1) is 7.50. The van der Waals surface area contributed by atoms with Gasteiger partial charge in [-0.05, 0) is 24.6 Å². The lowest BCUT2D eigenvalue weighted by atomic mass is 10.1. The van der Waals surface area contributed by atoms with E-state index < -0.39 is 11.9 Å². The average Bonchev–Trinajstić information content (AvgIpc) is 2.25. The summed E-state index contributed by atoms with van der Waals surface area (Å²) < 4.78 is 12.9. The van der Waals surface area contributed by atoms with Crippen molar-refractivity contribution in [3.63, 3.8) is 0 Å². The molecule has 1 aromatic rings. The third kappa shape index (κ3) is 3.62. The van der Waals surface area contributed by atoms with E-state index in [1.165, 1.54) is 12.1 Å². The Bertz CT molecular complexity index is 368. The Morgan fingerprint density at radius 1 is 1.50 bits per heavy atom. The van der Waals surface area contributed by atoms with Gasteiger partial charge in [-0.1, -0.05) is 19.1 Å². The predicted octanol–water partition coefficient (Wildman–Crippen LogP) is 2.20. The lowest BCUT2D eigenvalue weighted by molar-refractivity contribution is -0.140. The van der Waals surface area contributed by atoms with Crippen LogP contribution in [0.5, 0.6) is 0 Å². The standard InChI is InChI=1S/C12H16FNO2/c1-8(12(15)16)7-14-9(2)10-4-3-5-11(13)6-10/h3-6,8-9,14H,7H2,1-2H3,(H,15,16)/t8?,9-/m0/s1. The molecule has 0 amide bonds. The number of carboxylic acid groups (broad SMARTS) is 1. The lowest BCUT2D eigenvalue weighted by Gasteiger charge is -2.16. The van der Waals surface area contributed by atoms with Gasteiger partial charge in [0.15, 0.2) is 0 Å². The molecule has 0 saturated carbocycles. The molecule has 0 bridgehead atoms. The summed E-state index contributed by atoms with van der Waals surface area (Å²) in [5.41, 5.74) is 0.817. The molecule has 0 heterocycles. The number of hydrogen-bond donors (Lipinski definition) is 2. The third-order valence-corrected chi connectivity index (χ3v) is 2.50. The van der Waals surface area contributed by atoms with Crippen molar-refractivity contribution in [1.29, 1.82) is 0 Å². The summed E-state index contributed by atoms with van der Waals surface area (Å²) in [6.45, 7) is 3.88. The molecule has 2 atom stereocenters. The molecule has 0 aromatic heterocycles. The normalized spacial score (nSPS) is 14.4. The molecule has 16 heavy (non-hydrogen) atoms. The highest BCUT2D eigenvalue weighted by molar-refractivity contribution is 5.69. The predicted molar refractivity (Wildman–Crippen MR) is 59.6 cm³/mol. The summed E-state index contributed by atoms with van der Waals surface area (Å²) in [5, 5.41) is 11.8. The van der Waals surface area contributed by atoms with Crippen molar-refractivity contribution in [3.8, 4) is 0 Å². The van der Waals surface area contributed by atoms with Gasteiger partial charge in [0.2, 0.25) is 0 Å². The molecule has 1 aromatic carbocycles. The quantitative estimate of drug-likeness (QED) is 0.807. The van der Waals surface area contributed by atoms with E-state index >= 15 is 0 Å². The molecule has 0 aliphatic rings. The van der Waals surface area contributed by atoms with E-state index in [0.717, 1.165) is 5.56 Å². The topological polar surface area (TPSA) is 49.3 Å². The van der Waals surface area contributed by atoms with Crippen molar-refractivity contribution in [2.45, 2.75) is 19.9 Å². The van der Waals surface area contributed by atoms with E-state index in [0.29, 0.717) is 6.54 Å². The first-order valence-electron chi connectivity index (χ1n) is 5.22. The highest BCUT2D eigenvalue weighted by Gasteiger charge is 2.12. The van der Waals surface area contributed by atoms with Crippen molar-refractivity contribution in [3.05, 3.63) is 35.6 Å². The first-order valence-corrected chi connectivity index (χ1v) is 5.22. The van der Waals surface area contributed by atoms with Gasteiger partial charge >= 0.3 is 5.97 Å². The van der Waals surface area contributed by atoms with E-state index in [-0.39, 0.29) is 11.9 Å². The van der Waals surface area contributed by atoms with Gasteiger partial charge in [0.05, 0.1) is 5.92 Å². The van der Waals surface area contributed by atoms with Crippen LogP contribution in [0.15, 0.2) is 24.3 Å². The maximum atomic E-state index is 12.9. The van der Waals surface area contributed by atoms with Crippen molar-refractivity contribution >= 4 is 5.97 Å². The number of aliphatic carboxylic acids is 1. The van der Waals surface area contributed by atoms with Gasteiger partial charge in [-0.25, -0.2) is 4.39 Å². The molecule has 1 unspecified atom stereocenters. The van der Waals surface area contributed by atoms with Crippen LogP contribution in [0.25, 0.3) is 0 Å². The second-order valence-electron chi connectivity index (χ2n) is 3.92. The van der Waals surface area contributed by atoms with Crippen molar-refractivity contribution in [1.82, 2.24) is 5.32 Å². The summed E-state index contributed by atoms with van der Waals surface area (Å²) in [6.07, 6.45) is 0. The van der Waals surface area contributed by atoms with E-state index in [1.807, 2.05) is 13.0 Å². The second-order valence-corrected chi connectivity index (χ2v) is 3.92. The molecule has 88 valence electrons. The third-order valence-electron chi connectivity index (χ3n) is 2.50. The van der Waals surface area contributed by atoms with Crippen LogP contribution in [-0.4, -0.2) is 17.6 Å². The monoisotopic (exact) mass is 225 g/mol. The molecule has 0 radical (unpaired) electrons. The molecule has 2 N–H and O–H groups in total. The molecule has 0 spiro atoms. The number of hydrogen-bond acceptors (Lipinski definition) is 2. The summed E-state index contributed by atoms with van der Waals surface area (Å²) in [6, 6.07) is 6.23. The van der Waals surface area contributed by atoms with Gasteiger partial charge in [0, 0.05) is 12.6 Å². The summed E-state index contributed by atoms with van der Waals surface area (Å²) in [7, 11) is 0. The fourth-order valence-electron chi connectivity index (χ4n) is 1.33. The van der Waals surface area contributed by atoms with Crippen LogP contribution in [0.3, 0.4) is 0 Å². The molecule has 3 nitrogen and oxygen atoms in total. The van der Waals surface area contributed by atoms with Crippen molar-refractivity contribution < 1.29 is 14.3 Å². The number of benzene rings is 1. The first kappa shape index (κ1) is 12.6. The zero-order valence-corrected chi connectivity index (χ0v) is 9.40. The zero-order valence-electron chi connectivity index (χ0n) is 9.40. The number of rotatable bonds is 5. The van der Waals surface area contributed by atoms with Crippen LogP contribution in [0.4, 0.5) is 4.39 Å². The van der Waals surface area contributed by atoms with Gasteiger partial charge in [-0.3, -0.25) is 4.79 Å². The Morgan fingerprint density at radius 3 is 2.75 bits per heavy atom. The van der Waals surface area contributed by atoms with Crippen LogP contribution in [-0.2, 0) is 4.79 Å². The Labute approximate surface area is 94.3 Å². The van der Waals surface area contributed by atoms with E-state index in [4.69, 9.17) is 5.11 Å². The average molecular weight is 225 g/mol. The SMILES string of the molecule is CC(CN[C@@H](C)c1cccc(F)c1)C(=O)O. The number of halogens is 1. The fraction of sp³-hybridized carbons (Fsp3) is 0.417. The number of carboxylic acids is 1. The van der Waals surface area contributed by atoms with Crippen LogP contribution in [0.2, 0.25) is 0 Å². The molecule has 4 heteroatoms. The minimum Gasteiger partial charge on any atom is -0.481 e. The fourth-order valence-corrected chi connectivity index (χ4v) is 1.33. The Morgan fingerprint density at radius 2 is 2.19 bits per heavy atom. The Kier molecular flexibility index (Phi) is 4.43. The van der Waals surface area contributed by atoms with Crippen LogP contribution >= 0.6 is 0 Å². The maximum absolute atomic E-state index is 12.9. The zero-order chi connectivity index (χ0) is 12.1. The van der Waals surface area contributed by atoms with E-state index in [1.54, 1.807) is 13.0 Å². The second kappa shape index (κ2) is 5.61. The largest absolute Gasteiger partial charge is 0.481 e. The van der Waals surface area contributed by atoms with Crippen molar-refractivity contribution in [2.75, 3.05) is 6.54 Å². The van der Waals surface area contributed by atoms with Crippen molar-refractivity contribution in [2.24, 2.45) is 5.92 Å². The smallest absolute Gasteiger partial charge is 0.307 e. The van der Waals surface area contributed by atoms with Gasteiger partial charge < -0.3 is 10.4 Å². The molecule has 0 aliphatic heterocycles. The molecular formula is C12H16FNO2. The lowest BCUT2D eigenvalue weighted by Crippen LogP contribution is -2.28. The minimum atomic E-state index is -0.834. The minimum absolute atomic E-state index is 0.0579. The molecule has 0 aliphatic carbocycles. The van der Waals surface area contributed by atoms with Gasteiger partial charge in [-0.2, -0.15) is 0 Å². The van der Waals surface area contributed by atoms with E-state index in [9.17, 15) is 9.18 Å². The number of carbonyl (C=O) groups is 1. The summed E-state index contributed by atoms with van der Waals surface area (Å²) in [4.78, 5) is 10.6. The van der Waals surface area contributed by atoms with E-state index in [2.05, 4.69) is 5.32 Å². The van der Waals surface area contributed by atoms with Crippen LogP contribution in [0.1, 0.15) is 25.5 Å². The van der Waals surface area contributed by atoms with Gasteiger partial charge in [0.1, 0.15) is 5.82 Å². The van der Waals surface area contributed by atoms with Crippen LogP contribution in [0, 0.1) is 11.7 Å². The Balaban J connectivity index is 2.52. The number of nitrogens with one attached hydrogen (secondary N) is 1.